The van der Waals surface area contributed by atoms with Gasteiger partial charge >= 0.3 is 0 Å². The van der Waals surface area contributed by atoms with Crippen LogP contribution in [0.2, 0.25) is 5.02 Å². The van der Waals surface area contributed by atoms with E-state index in [1.165, 1.54) is 23.3 Å². The molecular formula is C19H20ClN3OS. The molecule has 0 unspecified atom stereocenters. The van der Waals surface area contributed by atoms with Crippen LogP contribution in [0.4, 0.5) is 5.82 Å². The smallest absolute Gasteiger partial charge is 0.144 e. The Kier molecular flexibility index (Phi) is 4.68. The third kappa shape index (κ3) is 3.26. The van der Waals surface area contributed by atoms with Crippen LogP contribution in [0.1, 0.15) is 29.0 Å². The lowest BCUT2D eigenvalue weighted by Gasteiger charge is -2.13. The number of rotatable bonds is 4. The van der Waals surface area contributed by atoms with Crippen molar-refractivity contribution in [2.75, 3.05) is 19.0 Å². The van der Waals surface area contributed by atoms with Gasteiger partial charge in [0.2, 0.25) is 0 Å². The van der Waals surface area contributed by atoms with E-state index in [0.29, 0.717) is 5.02 Å². The van der Waals surface area contributed by atoms with Gasteiger partial charge in [0, 0.05) is 28.4 Å². The number of nitrogens with zero attached hydrogens (tertiary/aromatic N) is 2. The molecule has 0 spiro atoms. The molecular weight excluding hydrogens is 354 g/mol. The molecule has 25 heavy (non-hydrogen) atoms. The molecule has 0 amide bonds. The van der Waals surface area contributed by atoms with Crippen LogP contribution in [0.5, 0.6) is 5.75 Å². The maximum atomic E-state index is 6.25. The Labute approximate surface area is 156 Å². The minimum absolute atomic E-state index is 0.675. The van der Waals surface area contributed by atoms with Crippen molar-refractivity contribution in [3.63, 3.8) is 0 Å². The molecule has 0 radical (unpaired) electrons. The molecule has 1 aliphatic rings. The van der Waals surface area contributed by atoms with Crippen molar-refractivity contribution in [1.82, 2.24) is 9.78 Å². The van der Waals surface area contributed by atoms with Crippen LogP contribution in [-0.4, -0.2) is 23.4 Å². The Morgan fingerprint density at radius 3 is 3.04 bits per heavy atom. The van der Waals surface area contributed by atoms with Gasteiger partial charge in [-0.3, -0.25) is 0 Å². The third-order valence-electron chi connectivity index (χ3n) is 4.50. The Morgan fingerprint density at radius 2 is 2.24 bits per heavy atom. The summed E-state index contributed by atoms with van der Waals surface area (Å²) in [6.07, 6.45) is 4.25. The van der Waals surface area contributed by atoms with Crippen LogP contribution in [0.3, 0.4) is 0 Å². The number of hydrogen-bond donors (Lipinski definition) is 1. The Bertz CT molecular complexity index is 873. The van der Waals surface area contributed by atoms with E-state index in [2.05, 4.69) is 22.8 Å². The SMILES string of the molecule is COc1ccc(Cl)cc1-n1nc(Cc2cccs2)c2c1NCCCC2. The van der Waals surface area contributed by atoms with Crippen LogP contribution in [0, 0.1) is 0 Å². The van der Waals surface area contributed by atoms with Crippen molar-refractivity contribution in [1.29, 1.82) is 0 Å². The van der Waals surface area contributed by atoms with E-state index in [1.54, 1.807) is 18.4 Å². The molecule has 0 atom stereocenters. The maximum absolute atomic E-state index is 6.25. The van der Waals surface area contributed by atoms with E-state index in [4.69, 9.17) is 21.4 Å². The Hall–Kier alpha value is -1.98. The molecule has 1 aromatic carbocycles. The number of benzene rings is 1. The number of aromatic nitrogens is 2. The van der Waals surface area contributed by atoms with Crippen molar-refractivity contribution in [2.24, 2.45) is 0 Å². The zero-order valence-corrected chi connectivity index (χ0v) is 15.7. The molecule has 0 aliphatic carbocycles. The van der Waals surface area contributed by atoms with Gasteiger partial charge in [0.05, 0.1) is 12.8 Å². The second-order valence-corrected chi connectivity index (χ2v) is 7.61. The molecule has 6 heteroatoms. The van der Waals surface area contributed by atoms with Crippen molar-refractivity contribution in [3.05, 3.63) is 56.9 Å². The van der Waals surface area contributed by atoms with E-state index in [1.807, 2.05) is 22.9 Å². The van der Waals surface area contributed by atoms with Crippen molar-refractivity contribution < 1.29 is 4.74 Å². The van der Waals surface area contributed by atoms with E-state index in [-0.39, 0.29) is 0 Å². The van der Waals surface area contributed by atoms with Crippen LogP contribution in [-0.2, 0) is 12.8 Å². The quantitative estimate of drug-likeness (QED) is 0.704. The summed E-state index contributed by atoms with van der Waals surface area (Å²) in [7, 11) is 1.68. The average molecular weight is 374 g/mol. The summed E-state index contributed by atoms with van der Waals surface area (Å²) in [6.45, 7) is 0.958. The van der Waals surface area contributed by atoms with E-state index in [9.17, 15) is 0 Å². The number of hydrogen-bond acceptors (Lipinski definition) is 4. The van der Waals surface area contributed by atoms with Gasteiger partial charge in [-0.1, -0.05) is 17.7 Å². The standard InChI is InChI=1S/C19H20ClN3OS/c1-24-18-8-7-13(20)11-17(18)23-19-15(6-2-3-9-21-19)16(22-23)12-14-5-4-10-25-14/h4-5,7-8,10-11,21H,2-3,6,9,12H2,1H3. The summed E-state index contributed by atoms with van der Waals surface area (Å²) in [5, 5.41) is 11.3. The lowest BCUT2D eigenvalue weighted by atomic mass is 10.1. The van der Waals surface area contributed by atoms with Crippen LogP contribution < -0.4 is 10.1 Å². The summed E-state index contributed by atoms with van der Waals surface area (Å²) in [4.78, 5) is 1.33. The van der Waals surface area contributed by atoms with Gasteiger partial charge in [-0.2, -0.15) is 5.10 Å². The highest BCUT2D eigenvalue weighted by molar-refractivity contribution is 7.09. The highest BCUT2D eigenvalue weighted by Gasteiger charge is 2.22. The lowest BCUT2D eigenvalue weighted by Crippen LogP contribution is -2.08. The summed E-state index contributed by atoms with van der Waals surface area (Å²) >= 11 is 8.02. The largest absolute Gasteiger partial charge is 0.494 e. The first-order chi connectivity index (χ1) is 12.3. The number of methoxy groups -OCH3 is 1. The topological polar surface area (TPSA) is 39.1 Å². The molecule has 1 aliphatic heterocycles. The molecule has 0 fully saturated rings. The van der Waals surface area contributed by atoms with Gasteiger partial charge in [0.25, 0.3) is 0 Å². The molecule has 1 N–H and O–H groups in total. The Morgan fingerprint density at radius 1 is 1.32 bits per heavy atom. The first kappa shape index (κ1) is 16.5. The fourth-order valence-corrected chi connectivity index (χ4v) is 4.17. The van der Waals surface area contributed by atoms with E-state index < -0.39 is 0 Å². The molecule has 2 aromatic heterocycles. The number of halogens is 1. The number of nitrogens with one attached hydrogen (secondary N) is 1. The second kappa shape index (κ2) is 7.10. The predicted molar refractivity (Wildman–Crippen MR) is 104 cm³/mol. The van der Waals surface area contributed by atoms with Gasteiger partial charge in [-0.05, 0) is 48.9 Å². The predicted octanol–water partition coefficient (Wildman–Crippen LogP) is 4.93. The zero-order chi connectivity index (χ0) is 17.2. The van der Waals surface area contributed by atoms with Crippen molar-refractivity contribution in [3.8, 4) is 11.4 Å². The molecule has 0 saturated heterocycles. The number of ether oxygens (including phenoxy) is 1. The molecule has 4 nitrogen and oxygen atoms in total. The van der Waals surface area contributed by atoms with Gasteiger partial charge in [0.15, 0.2) is 0 Å². The minimum atomic E-state index is 0.675. The van der Waals surface area contributed by atoms with Crippen LogP contribution >= 0.6 is 22.9 Å². The summed E-state index contributed by atoms with van der Waals surface area (Å²) in [5.74, 6) is 1.84. The highest BCUT2D eigenvalue weighted by Crippen LogP contribution is 2.34. The summed E-state index contributed by atoms with van der Waals surface area (Å²) in [5.41, 5.74) is 3.32. The molecule has 130 valence electrons. The number of anilines is 1. The van der Waals surface area contributed by atoms with E-state index in [0.717, 1.165) is 42.3 Å². The average Bonchev–Trinajstić information content (AvgIpc) is 3.17. The van der Waals surface area contributed by atoms with Gasteiger partial charge in [0.1, 0.15) is 17.3 Å². The van der Waals surface area contributed by atoms with Gasteiger partial charge in [-0.25, -0.2) is 4.68 Å². The normalized spacial score (nSPS) is 13.8. The first-order valence-corrected chi connectivity index (χ1v) is 9.73. The summed E-state index contributed by atoms with van der Waals surface area (Å²) < 4.78 is 7.51. The number of fused-ring (bicyclic) bond motifs is 1. The second-order valence-electron chi connectivity index (χ2n) is 6.14. The maximum Gasteiger partial charge on any atom is 0.144 e. The minimum Gasteiger partial charge on any atom is -0.494 e. The Balaban J connectivity index is 1.85. The van der Waals surface area contributed by atoms with Gasteiger partial charge < -0.3 is 10.1 Å². The highest BCUT2D eigenvalue weighted by atomic mass is 35.5. The molecule has 0 saturated carbocycles. The van der Waals surface area contributed by atoms with Crippen molar-refractivity contribution >= 4 is 28.8 Å². The molecule has 3 heterocycles. The molecule has 4 rings (SSSR count). The van der Waals surface area contributed by atoms with Crippen molar-refractivity contribution in [2.45, 2.75) is 25.7 Å². The van der Waals surface area contributed by atoms with Gasteiger partial charge in [-0.15, -0.1) is 11.3 Å². The molecule has 0 bridgehead atoms. The first-order valence-electron chi connectivity index (χ1n) is 8.47. The molecule has 3 aromatic rings. The monoisotopic (exact) mass is 373 g/mol. The number of thiophene rings is 1. The van der Waals surface area contributed by atoms with Crippen LogP contribution in [0.15, 0.2) is 35.7 Å². The lowest BCUT2D eigenvalue weighted by molar-refractivity contribution is 0.412. The zero-order valence-electron chi connectivity index (χ0n) is 14.1. The third-order valence-corrected chi connectivity index (χ3v) is 5.62. The fourth-order valence-electron chi connectivity index (χ4n) is 3.30. The van der Waals surface area contributed by atoms with Crippen LogP contribution in [0.25, 0.3) is 5.69 Å². The van der Waals surface area contributed by atoms with E-state index >= 15 is 0 Å². The fraction of sp³-hybridized carbons (Fsp3) is 0.316. The summed E-state index contributed by atoms with van der Waals surface area (Å²) in [6, 6.07) is 9.90.